The van der Waals surface area contributed by atoms with Gasteiger partial charge in [-0.15, -0.1) is 0 Å². The van der Waals surface area contributed by atoms with Gasteiger partial charge in [-0.25, -0.2) is 4.98 Å². The Bertz CT molecular complexity index is 639. The lowest BCUT2D eigenvalue weighted by atomic mass is 10.2. The van der Waals surface area contributed by atoms with Crippen molar-refractivity contribution in [2.24, 2.45) is 5.73 Å². The van der Waals surface area contributed by atoms with E-state index in [1.807, 2.05) is 24.5 Å². The summed E-state index contributed by atoms with van der Waals surface area (Å²) in [5, 5.41) is 0. The lowest BCUT2D eigenvalue weighted by Gasteiger charge is -2.04. The number of aromatic nitrogens is 2. The summed E-state index contributed by atoms with van der Waals surface area (Å²) in [6.45, 7) is 0.878. The zero-order valence-electron chi connectivity index (χ0n) is 12.5. The van der Waals surface area contributed by atoms with Gasteiger partial charge in [0.05, 0.1) is 23.1 Å². The highest BCUT2D eigenvalue weighted by molar-refractivity contribution is 7.99. The van der Waals surface area contributed by atoms with Crippen LogP contribution in [0.25, 0.3) is 11.0 Å². The largest absolute Gasteiger partial charge is 0.370 e. The van der Waals surface area contributed by atoms with Crippen LogP contribution in [0.2, 0.25) is 0 Å². The quantitative estimate of drug-likeness (QED) is 0.682. The van der Waals surface area contributed by atoms with Crippen LogP contribution in [0, 0.1) is 0 Å². The van der Waals surface area contributed by atoms with Crippen LogP contribution in [0.1, 0.15) is 25.7 Å². The Hall–Kier alpha value is -1.82. The van der Waals surface area contributed by atoms with E-state index in [9.17, 15) is 9.59 Å². The zero-order valence-corrected chi connectivity index (χ0v) is 13.3. The lowest BCUT2D eigenvalue weighted by molar-refractivity contribution is -0.118. The van der Waals surface area contributed by atoms with E-state index in [-0.39, 0.29) is 11.7 Å². The van der Waals surface area contributed by atoms with Gasteiger partial charge in [0.1, 0.15) is 5.78 Å². The van der Waals surface area contributed by atoms with Gasteiger partial charge >= 0.3 is 0 Å². The highest BCUT2D eigenvalue weighted by atomic mass is 32.2. The SMILES string of the molecule is NC(=O)CCSCC(=O)CCCCn1cnc2ccccc21. The van der Waals surface area contributed by atoms with Crippen molar-refractivity contribution in [2.75, 3.05) is 11.5 Å². The molecule has 22 heavy (non-hydrogen) atoms. The number of nitrogens with zero attached hydrogens (tertiary/aromatic N) is 2. The maximum atomic E-state index is 11.7. The summed E-state index contributed by atoms with van der Waals surface area (Å²) < 4.78 is 2.13. The molecule has 1 aromatic heterocycles. The van der Waals surface area contributed by atoms with Crippen molar-refractivity contribution < 1.29 is 9.59 Å². The zero-order chi connectivity index (χ0) is 15.8. The molecule has 2 rings (SSSR count). The van der Waals surface area contributed by atoms with Gasteiger partial charge in [0.2, 0.25) is 5.91 Å². The number of rotatable bonds is 10. The summed E-state index contributed by atoms with van der Waals surface area (Å²) in [5.41, 5.74) is 7.19. The fourth-order valence-electron chi connectivity index (χ4n) is 2.22. The molecule has 5 nitrogen and oxygen atoms in total. The molecule has 2 aromatic rings. The summed E-state index contributed by atoms with van der Waals surface area (Å²) >= 11 is 1.48. The Labute approximate surface area is 134 Å². The molecule has 0 spiro atoms. The predicted molar refractivity (Wildman–Crippen MR) is 89.7 cm³/mol. The molecule has 1 heterocycles. The molecule has 1 amide bonds. The third-order valence-corrected chi connectivity index (χ3v) is 4.41. The molecule has 0 saturated heterocycles. The van der Waals surface area contributed by atoms with Gasteiger partial charge in [-0.05, 0) is 25.0 Å². The minimum absolute atomic E-state index is 0.241. The Morgan fingerprint density at radius 3 is 2.82 bits per heavy atom. The Balaban J connectivity index is 1.63. The first kappa shape index (κ1) is 16.5. The number of carbonyl (C=O) groups is 2. The number of carbonyl (C=O) groups excluding carboxylic acids is 2. The van der Waals surface area contributed by atoms with Crippen LogP contribution >= 0.6 is 11.8 Å². The van der Waals surface area contributed by atoms with Gasteiger partial charge in [0, 0.05) is 25.1 Å². The maximum absolute atomic E-state index is 11.7. The molecule has 0 atom stereocenters. The standard InChI is InChI=1S/C16H21N3O2S/c17-16(21)8-10-22-11-13(20)5-3-4-9-19-12-18-14-6-1-2-7-15(14)19/h1-2,6-7,12H,3-5,8-11H2,(H2,17,21). The van der Waals surface area contributed by atoms with E-state index in [1.165, 1.54) is 11.8 Å². The van der Waals surface area contributed by atoms with Gasteiger partial charge in [-0.2, -0.15) is 11.8 Å². The number of ketones is 1. The minimum atomic E-state index is -0.312. The summed E-state index contributed by atoms with van der Waals surface area (Å²) in [6.07, 6.45) is 4.62. The molecular formula is C16H21N3O2S. The first-order valence-corrected chi connectivity index (χ1v) is 8.60. The van der Waals surface area contributed by atoms with Crippen molar-refractivity contribution in [3.63, 3.8) is 0 Å². The first-order chi connectivity index (χ1) is 10.7. The number of hydrogen-bond acceptors (Lipinski definition) is 4. The number of imidazole rings is 1. The second-order valence-corrected chi connectivity index (χ2v) is 6.30. The molecule has 2 N–H and O–H groups in total. The number of Topliss-reactive ketones (excluding diaryl/α,β-unsaturated/α-hetero) is 1. The lowest BCUT2D eigenvalue weighted by Crippen LogP contribution is -2.12. The number of aryl methyl sites for hydroxylation is 1. The molecule has 0 radical (unpaired) electrons. The fraction of sp³-hybridized carbons (Fsp3) is 0.438. The smallest absolute Gasteiger partial charge is 0.218 e. The van der Waals surface area contributed by atoms with Crippen molar-refractivity contribution >= 4 is 34.5 Å². The average Bonchev–Trinajstić information content (AvgIpc) is 2.91. The van der Waals surface area contributed by atoms with Crippen LogP contribution in [-0.4, -0.2) is 32.7 Å². The molecule has 0 saturated carbocycles. The monoisotopic (exact) mass is 319 g/mol. The molecule has 0 aliphatic carbocycles. The second-order valence-electron chi connectivity index (χ2n) is 5.19. The average molecular weight is 319 g/mol. The topological polar surface area (TPSA) is 78.0 Å². The molecule has 1 aromatic carbocycles. The third-order valence-electron chi connectivity index (χ3n) is 3.39. The summed E-state index contributed by atoms with van der Waals surface area (Å²) in [7, 11) is 0. The van der Waals surface area contributed by atoms with Crippen LogP contribution in [0.4, 0.5) is 0 Å². The number of fused-ring (bicyclic) bond motifs is 1. The second kappa shape index (κ2) is 8.58. The van der Waals surface area contributed by atoms with E-state index in [2.05, 4.69) is 15.6 Å². The van der Waals surface area contributed by atoms with Crippen LogP contribution in [-0.2, 0) is 16.1 Å². The number of unbranched alkanes of at least 4 members (excludes halogenated alkanes) is 1. The van der Waals surface area contributed by atoms with Crippen molar-refractivity contribution in [1.82, 2.24) is 9.55 Å². The van der Waals surface area contributed by atoms with Gasteiger partial charge in [-0.3, -0.25) is 9.59 Å². The maximum Gasteiger partial charge on any atom is 0.218 e. The van der Waals surface area contributed by atoms with Crippen molar-refractivity contribution in [3.05, 3.63) is 30.6 Å². The van der Waals surface area contributed by atoms with E-state index in [0.29, 0.717) is 24.3 Å². The normalized spacial score (nSPS) is 10.9. The Morgan fingerprint density at radius 2 is 2.00 bits per heavy atom. The van der Waals surface area contributed by atoms with E-state index in [0.717, 1.165) is 30.4 Å². The number of amides is 1. The molecule has 0 fully saturated rings. The summed E-state index contributed by atoms with van der Waals surface area (Å²) in [5.74, 6) is 1.03. The predicted octanol–water partition coefficient (Wildman–Crippen LogP) is 2.38. The summed E-state index contributed by atoms with van der Waals surface area (Å²) in [4.78, 5) is 26.6. The molecule has 0 unspecified atom stereocenters. The van der Waals surface area contributed by atoms with Crippen LogP contribution in [0.3, 0.4) is 0 Å². The highest BCUT2D eigenvalue weighted by Crippen LogP contribution is 2.13. The number of hydrogen-bond donors (Lipinski definition) is 1. The van der Waals surface area contributed by atoms with E-state index < -0.39 is 0 Å². The van der Waals surface area contributed by atoms with Crippen LogP contribution < -0.4 is 5.73 Å². The van der Waals surface area contributed by atoms with E-state index >= 15 is 0 Å². The fourth-order valence-corrected chi connectivity index (χ4v) is 3.09. The molecule has 118 valence electrons. The van der Waals surface area contributed by atoms with Gasteiger partial charge in [0.15, 0.2) is 0 Å². The van der Waals surface area contributed by atoms with Gasteiger partial charge in [-0.1, -0.05) is 12.1 Å². The Morgan fingerprint density at radius 1 is 1.18 bits per heavy atom. The van der Waals surface area contributed by atoms with Crippen LogP contribution in [0.15, 0.2) is 30.6 Å². The number of primary amides is 1. The summed E-state index contributed by atoms with van der Waals surface area (Å²) in [6, 6.07) is 8.04. The number of nitrogens with two attached hydrogens (primary N) is 1. The number of benzene rings is 1. The van der Waals surface area contributed by atoms with Crippen molar-refractivity contribution in [2.45, 2.75) is 32.2 Å². The van der Waals surface area contributed by atoms with E-state index in [4.69, 9.17) is 5.73 Å². The molecule has 0 aliphatic heterocycles. The molecular weight excluding hydrogens is 298 g/mol. The Kier molecular flexibility index (Phi) is 6.45. The van der Waals surface area contributed by atoms with E-state index in [1.54, 1.807) is 0 Å². The molecule has 0 bridgehead atoms. The van der Waals surface area contributed by atoms with Crippen LogP contribution in [0.5, 0.6) is 0 Å². The highest BCUT2D eigenvalue weighted by Gasteiger charge is 2.04. The molecule has 6 heteroatoms. The first-order valence-electron chi connectivity index (χ1n) is 7.44. The van der Waals surface area contributed by atoms with Gasteiger partial charge in [0.25, 0.3) is 0 Å². The van der Waals surface area contributed by atoms with Gasteiger partial charge < -0.3 is 10.3 Å². The number of thioether (sulfide) groups is 1. The van der Waals surface area contributed by atoms with Crippen molar-refractivity contribution in [3.8, 4) is 0 Å². The number of para-hydroxylation sites is 2. The van der Waals surface area contributed by atoms with Crippen molar-refractivity contribution in [1.29, 1.82) is 0 Å². The third kappa shape index (κ3) is 5.18. The molecule has 0 aliphatic rings. The minimum Gasteiger partial charge on any atom is -0.370 e.